The highest BCUT2D eigenvalue weighted by molar-refractivity contribution is 6.17. The van der Waals surface area contributed by atoms with E-state index >= 15 is 0 Å². The topological polar surface area (TPSA) is 20.3 Å². The molecule has 0 spiro atoms. The SMILES string of the molecule is O=C1N(CCCCl)c2ccccc2C1(F)F. The summed E-state index contributed by atoms with van der Waals surface area (Å²) in [5.41, 5.74) is 0.0807. The van der Waals surface area contributed by atoms with Crippen LogP contribution in [0.15, 0.2) is 24.3 Å². The summed E-state index contributed by atoms with van der Waals surface area (Å²) in [5.74, 6) is -4.21. The number of benzene rings is 1. The molecule has 1 aliphatic heterocycles. The zero-order valence-corrected chi connectivity index (χ0v) is 9.18. The standard InChI is InChI=1S/C11H10ClF2NO/c12-6-3-7-15-9-5-2-1-4-8(9)11(13,14)10(15)16/h1-2,4-5H,3,6-7H2. The number of hydrogen-bond donors (Lipinski definition) is 0. The van der Waals surface area contributed by atoms with Crippen molar-refractivity contribution in [2.45, 2.75) is 12.3 Å². The third kappa shape index (κ3) is 1.57. The maximum atomic E-state index is 13.6. The van der Waals surface area contributed by atoms with Crippen molar-refractivity contribution in [2.24, 2.45) is 0 Å². The molecule has 2 nitrogen and oxygen atoms in total. The first kappa shape index (κ1) is 11.3. The Labute approximate surface area is 96.8 Å². The Kier molecular flexibility index (Phi) is 2.84. The molecule has 0 saturated heterocycles. The van der Waals surface area contributed by atoms with E-state index < -0.39 is 11.8 Å². The number of para-hydroxylation sites is 1. The van der Waals surface area contributed by atoms with Crippen molar-refractivity contribution >= 4 is 23.2 Å². The van der Waals surface area contributed by atoms with Gasteiger partial charge in [-0.05, 0) is 12.5 Å². The van der Waals surface area contributed by atoms with Crippen molar-refractivity contribution in [3.8, 4) is 0 Å². The fourth-order valence-corrected chi connectivity index (χ4v) is 1.93. The highest BCUT2D eigenvalue weighted by Gasteiger charge is 2.52. The van der Waals surface area contributed by atoms with E-state index in [1.54, 1.807) is 6.07 Å². The number of anilines is 1. The van der Waals surface area contributed by atoms with Gasteiger partial charge < -0.3 is 4.90 Å². The van der Waals surface area contributed by atoms with Crippen LogP contribution < -0.4 is 4.90 Å². The van der Waals surface area contributed by atoms with E-state index in [1.807, 2.05) is 0 Å². The van der Waals surface area contributed by atoms with Crippen molar-refractivity contribution in [3.63, 3.8) is 0 Å². The van der Waals surface area contributed by atoms with Crippen LogP contribution in [-0.4, -0.2) is 18.3 Å². The summed E-state index contributed by atoms with van der Waals surface area (Å²) in [7, 11) is 0. The first-order valence-corrected chi connectivity index (χ1v) is 5.47. The lowest BCUT2D eigenvalue weighted by molar-refractivity contribution is -0.141. The average Bonchev–Trinajstić information content (AvgIpc) is 2.47. The molecule has 5 heteroatoms. The maximum Gasteiger partial charge on any atom is 0.352 e. The minimum absolute atomic E-state index is 0.213. The summed E-state index contributed by atoms with van der Waals surface area (Å²) in [6, 6.07) is 5.96. The molecule has 1 amide bonds. The van der Waals surface area contributed by atoms with Gasteiger partial charge in [-0.25, -0.2) is 0 Å². The van der Waals surface area contributed by atoms with Gasteiger partial charge in [-0.15, -0.1) is 11.6 Å². The van der Waals surface area contributed by atoms with E-state index in [0.717, 1.165) is 4.90 Å². The Morgan fingerprint density at radius 3 is 2.69 bits per heavy atom. The van der Waals surface area contributed by atoms with Crippen molar-refractivity contribution in [2.75, 3.05) is 17.3 Å². The molecule has 0 N–H and O–H groups in total. The van der Waals surface area contributed by atoms with E-state index in [2.05, 4.69) is 0 Å². The Balaban J connectivity index is 2.39. The molecule has 1 aromatic rings. The summed E-state index contributed by atoms with van der Waals surface area (Å²) in [4.78, 5) is 12.6. The average molecular weight is 246 g/mol. The van der Waals surface area contributed by atoms with Crippen LogP contribution in [0.1, 0.15) is 12.0 Å². The minimum atomic E-state index is -3.40. The number of halogens is 3. The van der Waals surface area contributed by atoms with Gasteiger partial charge in [0, 0.05) is 12.4 Å². The highest BCUT2D eigenvalue weighted by atomic mass is 35.5. The molecule has 1 heterocycles. The van der Waals surface area contributed by atoms with Gasteiger partial charge in [-0.2, -0.15) is 8.78 Å². The summed E-state index contributed by atoms with van der Waals surface area (Å²) in [5, 5.41) is 0. The lowest BCUT2D eigenvalue weighted by atomic mass is 10.1. The maximum absolute atomic E-state index is 13.6. The van der Waals surface area contributed by atoms with Gasteiger partial charge in [0.15, 0.2) is 0 Å². The first-order valence-electron chi connectivity index (χ1n) is 4.94. The summed E-state index contributed by atoms with van der Waals surface area (Å²) in [6.45, 7) is 0.231. The molecular weight excluding hydrogens is 236 g/mol. The second kappa shape index (κ2) is 4.01. The third-order valence-corrected chi connectivity index (χ3v) is 2.83. The van der Waals surface area contributed by atoms with Crippen LogP contribution in [0.3, 0.4) is 0 Å². The molecule has 0 fully saturated rings. The van der Waals surface area contributed by atoms with Crippen molar-refractivity contribution in [3.05, 3.63) is 29.8 Å². The van der Waals surface area contributed by atoms with Gasteiger partial charge in [0.2, 0.25) is 0 Å². The molecule has 0 bridgehead atoms. The number of hydrogen-bond acceptors (Lipinski definition) is 1. The molecule has 0 atom stereocenters. The zero-order valence-electron chi connectivity index (χ0n) is 8.42. The van der Waals surface area contributed by atoms with E-state index in [9.17, 15) is 13.6 Å². The van der Waals surface area contributed by atoms with Crippen LogP contribution in [0.25, 0.3) is 0 Å². The van der Waals surface area contributed by atoms with E-state index in [1.165, 1.54) is 18.2 Å². The Hall–Kier alpha value is -1.16. The lowest BCUT2D eigenvalue weighted by Gasteiger charge is -2.16. The highest BCUT2D eigenvalue weighted by Crippen LogP contribution is 2.43. The summed E-state index contributed by atoms with van der Waals surface area (Å²) >= 11 is 5.50. The van der Waals surface area contributed by atoms with Gasteiger partial charge in [0.1, 0.15) is 0 Å². The molecule has 16 heavy (non-hydrogen) atoms. The number of carbonyl (C=O) groups excluding carboxylic acids is 1. The quantitative estimate of drug-likeness (QED) is 0.750. The molecule has 0 aliphatic carbocycles. The van der Waals surface area contributed by atoms with E-state index in [-0.39, 0.29) is 12.1 Å². The molecule has 1 aliphatic rings. The smallest absolute Gasteiger partial charge is 0.306 e. The number of amides is 1. The molecule has 0 radical (unpaired) electrons. The molecule has 0 aromatic heterocycles. The fourth-order valence-electron chi connectivity index (χ4n) is 1.81. The van der Waals surface area contributed by atoms with Crippen LogP contribution in [-0.2, 0) is 10.7 Å². The summed E-state index contributed by atoms with van der Waals surface area (Å²) in [6.07, 6.45) is 0.498. The van der Waals surface area contributed by atoms with E-state index in [0.29, 0.717) is 18.0 Å². The Bertz CT molecular complexity index is 422. The molecule has 0 saturated carbocycles. The fraction of sp³-hybridized carbons (Fsp3) is 0.364. The second-order valence-corrected chi connectivity index (χ2v) is 3.97. The summed E-state index contributed by atoms with van der Waals surface area (Å²) < 4.78 is 27.2. The van der Waals surface area contributed by atoms with Crippen LogP contribution in [0.2, 0.25) is 0 Å². The van der Waals surface area contributed by atoms with Crippen molar-refractivity contribution < 1.29 is 13.6 Å². The van der Waals surface area contributed by atoms with Crippen LogP contribution in [0, 0.1) is 0 Å². The number of nitrogens with zero attached hydrogens (tertiary/aromatic N) is 1. The Morgan fingerprint density at radius 1 is 1.31 bits per heavy atom. The number of carbonyl (C=O) groups is 1. The van der Waals surface area contributed by atoms with Crippen molar-refractivity contribution in [1.29, 1.82) is 0 Å². The monoisotopic (exact) mass is 245 g/mol. The molecule has 86 valence electrons. The predicted molar refractivity (Wildman–Crippen MR) is 58.0 cm³/mol. The third-order valence-electron chi connectivity index (χ3n) is 2.56. The Morgan fingerprint density at radius 2 is 2.00 bits per heavy atom. The largest absolute Gasteiger partial charge is 0.352 e. The molecule has 1 aromatic carbocycles. The van der Waals surface area contributed by atoms with Gasteiger partial charge >= 0.3 is 11.8 Å². The minimum Gasteiger partial charge on any atom is -0.306 e. The zero-order chi connectivity index (χ0) is 11.8. The first-order chi connectivity index (χ1) is 7.59. The van der Waals surface area contributed by atoms with Crippen LogP contribution in [0.5, 0.6) is 0 Å². The number of alkyl halides is 3. The predicted octanol–water partition coefficient (Wildman–Crippen LogP) is 2.75. The van der Waals surface area contributed by atoms with E-state index in [4.69, 9.17) is 11.6 Å². The van der Waals surface area contributed by atoms with Gasteiger partial charge in [0.05, 0.1) is 11.3 Å². The van der Waals surface area contributed by atoms with Gasteiger partial charge in [-0.3, -0.25) is 4.79 Å². The second-order valence-electron chi connectivity index (χ2n) is 3.59. The number of fused-ring (bicyclic) bond motifs is 1. The van der Waals surface area contributed by atoms with Crippen LogP contribution >= 0.6 is 11.6 Å². The van der Waals surface area contributed by atoms with Crippen molar-refractivity contribution in [1.82, 2.24) is 0 Å². The van der Waals surface area contributed by atoms with Crippen LogP contribution in [0.4, 0.5) is 14.5 Å². The lowest BCUT2D eigenvalue weighted by Crippen LogP contribution is -2.35. The molecular formula is C11H10ClF2NO. The van der Waals surface area contributed by atoms with Gasteiger partial charge in [-0.1, -0.05) is 18.2 Å². The number of rotatable bonds is 3. The normalized spacial score (nSPS) is 17.7. The molecule has 2 rings (SSSR count). The molecule has 0 unspecified atom stereocenters. The van der Waals surface area contributed by atoms with Gasteiger partial charge in [0.25, 0.3) is 0 Å².